The second-order valence-corrected chi connectivity index (χ2v) is 5.15. The Morgan fingerprint density at radius 2 is 2.10 bits per heavy atom. The summed E-state index contributed by atoms with van der Waals surface area (Å²) in [5, 5.41) is 5.90. The fraction of sp³-hybridized carbons (Fsp3) is 0.467. The van der Waals surface area contributed by atoms with Crippen LogP contribution in [0.1, 0.15) is 23.7 Å². The lowest BCUT2D eigenvalue weighted by atomic mass is 10.2. The Bertz CT molecular complexity index is 504. The summed E-state index contributed by atoms with van der Waals surface area (Å²) < 4.78 is 12.8. The number of hydrogen-bond donors (Lipinski definition) is 2. The monoisotopic (exact) mass is 293 g/mol. The van der Waals surface area contributed by atoms with E-state index in [0.29, 0.717) is 12.1 Å². The van der Waals surface area contributed by atoms with Gasteiger partial charge in [-0.05, 0) is 31.2 Å². The molecule has 2 rings (SSSR count). The molecule has 6 heteroatoms. The van der Waals surface area contributed by atoms with Gasteiger partial charge in [-0.3, -0.25) is 9.59 Å². The lowest BCUT2D eigenvalue weighted by molar-refractivity contribution is -0.133. The molecular weight excluding hydrogens is 273 g/mol. The smallest absolute Gasteiger partial charge is 0.251 e. The number of piperazine rings is 1. The number of rotatable bonds is 4. The molecule has 0 radical (unpaired) electrons. The van der Waals surface area contributed by atoms with Crippen molar-refractivity contribution in [2.24, 2.45) is 0 Å². The maximum absolute atomic E-state index is 12.8. The molecule has 1 saturated heterocycles. The van der Waals surface area contributed by atoms with Crippen LogP contribution in [0.3, 0.4) is 0 Å². The van der Waals surface area contributed by atoms with Gasteiger partial charge in [0.2, 0.25) is 5.91 Å². The Labute approximate surface area is 123 Å². The number of nitrogens with zero attached hydrogens (tertiary/aromatic N) is 1. The van der Waals surface area contributed by atoms with Crippen molar-refractivity contribution in [2.75, 3.05) is 26.2 Å². The largest absolute Gasteiger partial charge is 0.352 e. The normalized spacial score (nSPS) is 18.4. The molecule has 1 fully saturated rings. The Hall–Kier alpha value is -1.95. The average Bonchev–Trinajstić information content (AvgIpc) is 2.48. The molecular formula is C15H20FN3O2. The van der Waals surface area contributed by atoms with E-state index in [-0.39, 0.29) is 36.6 Å². The summed E-state index contributed by atoms with van der Waals surface area (Å²) in [4.78, 5) is 25.7. The molecule has 0 spiro atoms. The number of halogens is 1. The topological polar surface area (TPSA) is 61.4 Å². The highest BCUT2D eigenvalue weighted by molar-refractivity contribution is 5.94. The van der Waals surface area contributed by atoms with Gasteiger partial charge in [-0.2, -0.15) is 0 Å². The number of amides is 2. The Kier molecular flexibility index (Phi) is 5.27. The van der Waals surface area contributed by atoms with E-state index in [9.17, 15) is 14.0 Å². The van der Waals surface area contributed by atoms with Crippen LogP contribution in [-0.2, 0) is 4.79 Å². The van der Waals surface area contributed by atoms with Crippen molar-refractivity contribution in [3.05, 3.63) is 35.6 Å². The first-order chi connectivity index (χ1) is 10.1. The number of hydrogen-bond acceptors (Lipinski definition) is 3. The molecule has 1 aliphatic heterocycles. The average molecular weight is 293 g/mol. The van der Waals surface area contributed by atoms with Gasteiger partial charge in [0.1, 0.15) is 5.82 Å². The van der Waals surface area contributed by atoms with Crippen molar-refractivity contribution in [3.63, 3.8) is 0 Å². The molecule has 2 N–H and O–H groups in total. The zero-order valence-corrected chi connectivity index (χ0v) is 12.1. The van der Waals surface area contributed by atoms with Gasteiger partial charge in [0.25, 0.3) is 5.91 Å². The molecule has 21 heavy (non-hydrogen) atoms. The van der Waals surface area contributed by atoms with E-state index in [1.807, 2.05) is 11.8 Å². The van der Waals surface area contributed by atoms with Gasteiger partial charge in [-0.25, -0.2) is 4.39 Å². The molecule has 2 amide bonds. The quantitative estimate of drug-likeness (QED) is 0.862. The van der Waals surface area contributed by atoms with Crippen molar-refractivity contribution < 1.29 is 14.0 Å². The summed E-state index contributed by atoms with van der Waals surface area (Å²) in [5.41, 5.74) is 0.388. The SMILES string of the molecule is C[C@@H]1CNCCN1C(=O)CCNC(=O)c1ccc(F)cc1. The van der Waals surface area contributed by atoms with Crippen molar-refractivity contribution in [1.82, 2.24) is 15.5 Å². The summed E-state index contributed by atoms with van der Waals surface area (Å²) in [5.74, 6) is -0.631. The molecule has 114 valence electrons. The Balaban J connectivity index is 1.77. The van der Waals surface area contributed by atoms with Gasteiger partial charge in [0, 0.05) is 44.2 Å². The minimum atomic E-state index is -0.380. The molecule has 0 saturated carbocycles. The first-order valence-electron chi connectivity index (χ1n) is 7.12. The predicted molar refractivity (Wildman–Crippen MR) is 77.4 cm³/mol. The third-order valence-corrected chi connectivity index (χ3v) is 3.55. The van der Waals surface area contributed by atoms with Crippen molar-refractivity contribution in [2.45, 2.75) is 19.4 Å². The third kappa shape index (κ3) is 4.26. The molecule has 5 nitrogen and oxygen atoms in total. The van der Waals surface area contributed by atoms with Gasteiger partial charge in [0.15, 0.2) is 0 Å². The summed E-state index contributed by atoms with van der Waals surface area (Å²) in [6.07, 6.45) is 0.275. The van der Waals surface area contributed by atoms with Crippen molar-refractivity contribution in [1.29, 1.82) is 0 Å². The molecule has 1 heterocycles. The predicted octanol–water partition coefficient (Wildman–Crippen LogP) is 0.766. The molecule has 0 aliphatic carbocycles. The number of carbonyl (C=O) groups is 2. The van der Waals surface area contributed by atoms with Gasteiger partial charge in [0.05, 0.1) is 0 Å². The Morgan fingerprint density at radius 3 is 2.76 bits per heavy atom. The van der Waals surface area contributed by atoms with Crippen LogP contribution >= 0.6 is 0 Å². The number of benzene rings is 1. The molecule has 1 aliphatic rings. The van der Waals surface area contributed by atoms with Crippen LogP contribution in [0.4, 0.5) is 4.39 Å². The maximum atomic E-state index is 12.8. The molecule has 1 atom stereocenters. The highest BCUT2D eigenvalue weighted by atomic mass is 19.1. The van der Waals surface area contributed by atoms with E-state index in [0.717, 1.165) is 13.1 Å². The molecule has 0 bridgehead atoms. The highest BCUT2D eigenvalue weighted by Crippen LogP contribution is 2.05. The second-order valence-electron chi connectivity index (χ2n) is 5.15. The van der Waals surface area contributed by atoms with Gasteiger partial charge < -0.3 is 15.5 Å². The van der Waals surface area contributed by atoms with Crippen LogP contribution in [0.25, 0.3) is 0 Å². The van der Waals surface area contributed by atoms with E-state index in [1.54, 1.807) is 0 Å². The second kappa shape index (κ2) is 7.17. The molecule has 1 aromatic carbocycles. The molecule has 0 aromatic heterocycles. The summed E-state index contributed by atoms with van der Waals surface area (Å²) in [7, 11) is 0. The van der Waals surface area contributed by atoms with Crippen LogP contribution in [0.15, 0.2) is 24.3 Å². The summed E-state index contributed by atoms with van der Waals surface area (Å²) in [6.45, 7) is 4.59. The zero-order valence-electron chi connectivity index (χ0n) is 12.1. The van der Waals surface area contributed by atoms with Gasteiger partial charge >= 0.3 is 0 Å². The van der Waals surface area contributed by atoms with E-state index >= 15 is 0 Å². The van der Waals surface area contributed by atoms with E-state index in [2.05, 4.69) is 10.6 Å². The van der Waals surface area contributed by atoms with Crippen LogP contribution in [0.5, 0.6) is 0 Å². The van der Waals surface area contributed by atoms with Crippen LogP contribution < -0.4 is 10.6 Å². The fourth-order valence-corrected chi connectivity index (χ4v) is 2.34. The third-order valence-electron chi connectivity index (χ3n) is 3.55. The van der Waals surface area contributed by atoms with Gasteiger partial charge in [-0.1, -0.05) is 0 Å². The van der Waals surface area contributed by atoms with Gasteiger partial charge in [-0.15, -0.1) is 0 Å². The van der Waals surface area contributed by atoms with Crippen LogP contribution in [0, 0.1) is 5.82 Å². The first kappa shape index (κ1) is 15.4. The van der Waals surface area contributed by atoms with Crippen molar-refractivity contribution >= 4 is 11.8 Å². The van der Waals surface area contributed by atoms with Crippen molar-refractivity contribution in [3.8, 4) is 0 Å². The zero-order chi connectivity index (χ0) is 15.2. The Morgan fingerprint density at radius 1 is 1.38 bits per heavy atom. The maximum Gasteiger partial charge on any atom is 0.251 e. The standard InChI is InChI=1S/C15H20FN3O2/c1-11-10-17-8-9-19(11)14(20)6-7-18-15(21)12-2-4-13(16)5-3-12/h2-5,11,17H,6-10H2,1H3,(H,18,21)/t11-/m1/s1. The number of nitrogens with one attached hydrogen (secondary N) is 2. The van der Waals surface area contributed by atoms with E-state index in [4.69, 9.17) is 0 Å². The highest BCUT2D eigenvalue weighted by Gasteiger charge is 2.22. The fourth-order valence-electron chi connectivity index (χ4n) is 2.34. The lowest BCUT2D eigenvalue weighted by Gasteiger charge is -2.34. The van der Waals surface area contributed by atoms with Crippen LogP contribution in [0.2, 0.25) is 0 Å². The summed E-state index contributed by atoms with van der Waals surface area (Å²) in [6, 6.07) is 5.50. The minimum Gasteiger partial charge on any atom is -0.352 e. The van der Waals surface area contributed by atoms with Crippen LogP contribution in [-0.4, -0.2) is 48.9 Å². The first-order valence-corrected chi connectivity index (χ1v) is 7.12. The van der Waals surface area contributed by atoms with E-state index < -0.39 is 0 Å². The molecule has 0 unspecified atom stereocenters. The lowest BCUT2D eigenvalue weighted by Crippen LogP contribution is -2.52. The minimum absolute atomic E-state index is 0.0448. The number of carbonyl (C=O) groups excluding carboxylic acids is 2. The summed E-state index contributed by atoms with van der Waals surface area (Å²) >= 11 is 0. The van der Waals surface area contributed by atoms with E-state index in [1.165, 1.54) is 24.3 Å². The molecule has 1 aromatic rings.